The van der Waals surface area contributed by atoms with E-state index in [-0.39, 0.29) is 0 Å². The molecule has 27 heavy (non-hydrogen) atoms. The fourth-order valence-electron chi connectivity index (χ4n) is 3.92. The number of H-pyrrole nitrogens is 1. The van der Waals surface area contributed by atoms with Crippen molar-refractivity contribution in [3.63, 3.8) is 0 Å². The van der Waals surface area contributed by atoms with Gasteiger partial charge in [0.05, 0.1) is 12.0 Å². The van der Waals surface area contributed by atoms with Crippen LogP contribution in [0.5, 0.6) is 5.75 Å². The van der Waals surface area contributed by atoms with Gasteiger partial charge in [-0.2, -0.15) is 4.31 Å². The molecule has 1 aliphatic rings. The van der Waals surface area contributed by atoms with Crippen LogP contribution in [0.4, 0.5) is 0 Å². The number of ether oxygens (including phenoxy) is 1. The van der Waals surface area contributed by atoms with E-state index in [1.165, 1.54) is 5.56 Å². The third kappa shape index (κ3) is 2.93. The second kappa shape index (κ2) is 6.39. The summed E-state index contributed by atoms with van der Waals surface area (Å²) in [7, 11) is -1.98. The Balaban J connectivity index is 1.75. The molecule has 2 aromatic carbocycles. The lowest BCUT2D eigenvalue weighted by molar-refractivity contribution is 0.390. The first-order chi connectivity index (χ1) is 12.8. The number of aryl methyl sites for hydroxylation is 3. The van der Waals surface area contributed by atoms with Crippen molar-refractivity contribution in [2.45, 2.75) is 38.6 Å². The second-order valence-electron chi connectivity index (χ2n) is 7.31. The molecule has 4 rings (SSSR count). The zero-order chi connectivity index (χ0) is 19.3. The van der Waals surface area contributed by atoms with E-state index < -0.39 is 10.0 Å². The predicted molar refractivity (Wildman–Crippen MR) is 107 cm³/mol. The molecule has 0 fully saturated rings. The third-order valence-electron chi connectivity index (χ3n) is 5.41. The number of sulfonamides is 1. The van der Waals surface area contributed by atoms with Gasteiger partial charge in [-0.25, -0.2) is 8.42 Å². The average Bonchev–Trinajstić information content (AvgIpc) is 2.99. The van der Waals surface area contributed by atoms with Crippen molar-refractivity contribution >= 4 is 20.9 Å². The maximum Gasteiger partial charge on any atom is 0.243 e. The summed E-state index contributed by atoms with van der Waals surface area (Å²) in [5, 5.41) is 1.11. The molecule has 3 aromatic rings. The Morgan fingerprint density at radius 3 is 2.59 bits per heavy atom. The van der Waals surface area contributed by atoms with E-state index >= 15 is 0 Å². The summed E-state index contributed by atoms with van der Waals surface area (Å²) < 4.78 is 33.6. The molecule has 142 valence electrons. The van der Waals surface area contributed by atoms with Crippen molar-refractivity contribution in [1.29, 1.82) is 0 Å². The topological polar surface area (TPSA) is 62.4 Å². The van der Waals surface area contributed by atoms with Crippen LogP contribution in [-0.4, -0.2) is 31.4 Å². The monoisotopic (exact) mass is 384 g/mol. The lowest BCUT2D eigenvalue weighted by Gasteiger charge is -2.27. The minimum atomic E-state index is -3.57. The summed E-state index contributed by atoms with van der Waals surface area (Å²) in [6, 6.07) is 9.78. The van der Waals surface area contributed by atoms with Gasteiger partial charge in [0.15, 0.2) is 0 Å². The second-order valence-corrected chi connectivity index (χ2v) is 9.21. The summed E-state index contributed by atoms with van der Waals surface area (Å²) in [5.74, 6) is 0.708. The van der Waals surface area contributed by atoms with Gasteiger partial charge in [-0.1, -0.05) is 12.1 Å². The van der Waals surface area contributed by atoms with Gasteiger partial charge in [-0.15, -0.1) is 0 Å². The molecule has 0 saturated heterocycles. The number of nitrogens with zero attached hydrogens (tertiary/aromatic N) is 1. The van der Waals surface area contributed by atoms with E-state index in [1.807, 2.05) is 13.8 Å². The van der Waals surface area contributed by atoms with Crippen molar-refractivity contribution in [3.8, 4) is 5.75 Å². The Hall–Kier alpha value is -2.31. The first-order valence-corrected chi connectivity index (χ1v) is 10.5. The van der Waals surface area contributed by atoms with Crippen molar-refractivity contribution in [3.05, 3.63) is 58.3 Å². The van der Waals surface area contributed by atoms with E-state index in [2.05, 4.69) is 30.1 Å². The van der Waals surface area contributed by atoms with Gasteiger partial charge in [0.1, 0.15) is 5.75 Å². The molecular formula is C21H24N2O3S. The van der Waals surface area contributed by atoms with Crippen LogP contribution in [0.2, 0.25) is 0 Å². The van der Waals surface area contributed by atoms with Crippen LogP contribution < -0.4 is 4.74 Å². The minimum Gasteiger partial charge on any atom is -0.496 e. The highest BCUT2D eigenvalue weighted by atomic mass is 32.2. The molecule has 5 nitrogen and oxygen atoms in total. The Kier molecular flexibility index (Phi) is 4.28. The Bertz CT molecular complexity index is 1150. The van der Waals surface area contributed by atoms with Crippen molar-refractivity contribution in [2.75, 3.05) is 13.7 Å². The number of rotatable bonds is 3. The summed E-state index contributed by atoms with van der Waals surface area (Å²) in [4.78, 5) is 3.83. The number of benzene rings is 2. The highest BCUT2D eigenvalue weighted by molar-refractivity contribution is 7.89. The zero-order valence-corrected chi connectivity index (χ0v) is 16.9. The summed E-state index contributed by atoms with van der Waals surface area (Å²) in [6.45, 7) is 6.62. The van der Waals surface area contributed by atoms with E-state index in [0.717, 1.165) is 27.7 Å². The van der Waals surface area contributed by atoms with Gasteiger partial charge in [0.2, 0.25) is 10.0 Å². The standard InChI is InChI=1S/C21H24N2O3S/c1-13-5-6-16-17-12-23(8-7-18(17)22-19(16)9-13)27(24,25)21-11-14(2)20(26-4)10-15(21)3/h5-6,9-11,22H,7-8,12H2,1-4H3. The molecule has 1 aliphatic heterocycles. The van der Waals surface area contributed by atoms with Gasteiger partial charge < -0.3 is 9.72 Å². The minimum absolute atomic E-state index is 0.361. The SMILES string of the molecule is COc1cc(C)c(S(=O)(=O)N2CCc3[nH]c4cc(C)ccc4c3C2)cc1C. The molecular weight excluding hydrogens is 360 g/mol. The number of methoxy groups -OCH3 is 1. The summed E-state index contributed by atoms with van der Waals surface area (Å²) in [6.07, 6.45) is 0.691. The van der Waals surface area contributed by atoms with Crippen LogP contribution in [-0.2, 0) is 23.0 Å². The lowest BCUT2D eigenvalue weighted by Crippen LogP contribution is -2.36. The molecule has 6 heteroatoms. The maximum absolute atomic E-state index is 13.4. The highest BCUT2D eigenvalue weighted by Gasteiger charge is 2.31. The van der Waals surface area contributed by atoms with Crippen molar-refractivity contribution < 1.29 is 13.2 Å². The summed E-state index contributed by atoms with van der Waals surface area (Å²) >= 11 is 0. The molecule has 0 aliphatic carbocycles. The number of aromatic nitrogens is 1. The smallest absolute Gasteiger partial charge is 0.243 e. The fraction of sp³-hybridized carbons (Fsp3) is 0.333. The quantitative estimate of drug-likeness (QED) is 0.746. The molecule has 0 bridgehead atoms. The van der Waals surface area contributed by atoms with Gasteiger partial charge in [-0.05, 0) is 61.2 Å². The lowest BCUT2D eigenvalue weighted by atomic mass is 10.1. The van der Waals surface area contributed by atoms with Crippen LogP contribution in [0, 0.1) is 20.8 Å². The Labute approximate surface area is 160 Å². The molecule has 1 aromatic heterocycles. The molecule has 0 radical (unpaired) electrons. The maximum atomic E-state index is 13.4. The normalized spacial score (nSPS) is 15.1. The van der Waals surface area contributed by atoms with Crippen LogP contribution in [0.15, 0.2) is 35.2 Å². The predicted octanol–water partition coefficient (Wildman–Crippen LogP) is 3.85. The Morgan fingerprint density at radius 2 is 1.85 bits per heavy atom. The third-order valence-corrected chi connectivity index (χ3v) is 7.39. The number of nitrogens with one attached hydrogen (secondary N) is 1. The van der Waals surface area contributed by atoms with Crippen LogP contribution in [0.25, 0.3) is 10.9 Å². The van der Waals surface area contributed by atoms with Crippen molar-refractivity contribution in [1.82, 2.24) is 9.29 Å². The average molecular weight is 385 g/mol. The largest absolute Gasteiger partial charge is 0.496 e. The first kappa shape index (κ1) is 18.1. The first-order valence-electron chi connectivity index (χ1n) is 9.06. The van der Waals surface area contributed by atoms with Gasteiger partial charge in [0.25, 0.3) is 0 Å². The fourth-order valence-corrected chi connectivity index (χ4v) is 5.62. The van der Waals surface area contributed by atoms with E-state index in [0.29, 0.717) is 35.7 Å². The molecule has 1 N–H and O–H groups in total. The van der Waals surface area contributed by atoms with Gasteiger partial charge in [0, 0.05) is 36.1 Å². The van der Waals surface area contributed by atoms with Gasteiger partial charge in [-0.3, -0.25) is 0 Å². The van der Waals surface area contributed by atoms with Gasteiger partial charge >= 0.3 is 0 Å². The van der Waals surface area contributed by atoms with E-state index in [1.54, 1.807) is 23.5 Å². The molecule has 0 saturated carbocycles. The molecule has 0 atom stereocenters. The summed E-state index contributed by atoms with van der Waals surface area (Å²) in [5.41, 5.74) is 6.03. The number of hydrogen-bond donors (Lipinski definition) is 1. The molecule has 0 unspecified atom stereocenters. The molecule has 0 spiro atoms. The van der Waals surface area contributed by atoms with Crippen LogP contribution in [0.3, 0.4) is 0 Å². The van der Waals surface area contributed by atoms with Crippen LogP contribution >= 0.6 is 0 Å². The number of aromatic amines is 1. The highest BCUT2D eigenvalue weighted by Crippen LogP contribution is 2.33. The number of fused-ring (bicyclic) bond motifs is 3. The van der Waals surface area contributed by atoms with Crippen molar-refractivity contribution in [2.24, 2.45) is 0 Å². The molecule has 0 amide bonds. The number of hydrogen-bond acceptors (Lipinski definition) is 3. The van der Waals surface area contributed by atoms with Crippen LogP contribution in [0.1, 0.15) is 27.9 Å². The van der Waals surface area contributed by atoms with E-state index in [9.17, 15) is 8.42 Å². The molecule has 2 heterocycles. The zero-order valence-electron chi connectivity index (χ0n) is 16.1. The van der Waals surface area contributed by atoms with E-state index in [4.69, 9.17) is 4.74 Å². The Morgan fingerprint density at radius 1 is 1.07 bits per heavy atom.